The van der Waals surface area contributed by atoms with Crippen LogP contribution in [0.5, 0.6) is 0 Å². The summed E-state index contributed by atoms with van der Waals surface area (Å²) < 4.78 is 13.7. The van der Waals surface area contributed by atoms with Crippen molar-refractivity contribution in [2.75, 3.05) is 0 Å². The number of rotatable bonds is 10. The molecule has 112 valence electrons. The molecule has 1 aromatic carbocycles. The number of halogens is 1. The van der Waals surface area contributed by atoms with E-state index < -0.39 is 11.8 Å². The summed E-state index contributed by atoms with van der Waals surface area (Å²) in [6.45, 7) is 2.21. The number of hydrogen-bond acceptors (Lipinski definition) is 1. The van der Waals surface area contributed by atoms with Gasteiger partial charge in [0.1, 0.15) is 5.82 Å². The van der Waals surface area contributed by atoms with Crippen LogP contribution in [0.1, 0.15) is 74.2 Å². The standard InChI is InChI=1S/C17H25FO2/c1-2-3-4-5-6-7-8-9-10-14-11-12-15(17(19)20)13-16(14)18/h11-13H,2-10H2,1H3,(H,19,20). The topological polar surface area (TPSA) is 37.3 Å². The third kappa shape index (κ3) is 6.18. The minimum atomic E-state index is -1.08. The number of aryl methyl sites for hydroxylation is 1. The van der Waals surface area contributed by atoms with Gasteiger partial charge in [-0.15, -0.1) is 0 Å². The molecule has 0 unspecified atom stereocenters. The average molecular weight is 280 g/mol. The second-order valence-electron chi connectivity index (χ2n) is 5.34. The molecule has 1 rings (SSSR count). The zero-order valence-electron chi connectivity index (χ0n) is 12.3. The molecule has 0 aliphatic rings. The Morgan fingerprint density at radius 1 is 1.05 bits per heavy atom. The average Bonchev–Trinajstić information content (AvgIpc) is 2.43. The van der Waals surface area contributed by atoms with E-state index in [1.54, 1.807) is 6.07 Å². The molecule has 0 atom stereocenters. The minimum Gasteiger partial charge on any atom is -0.478 e. The van der Waals surface area contributed by atoms with Gasteiger partial charge in [0.2, 0.25) is 0 Å². The van der Waals surface area contributed by atoms with E-state index in [1.807, 2.05) is 0 Å². The summed E-state index contributed by atoms with van der Waals surface area (Å²) in [5.74, 6) is -1.48. The number of carboxylic acids is 1. The lowest BCUT2D eigenvalue weighted by Crippen LogP contribution is -1.99. The fourth-order valence-corrected chi connectivity index (χ4v) is 2.33. The van der Waals surface area contributed by atoms with Gasteiger partial charge in [0.25, 0.3) is 0 Å². The molecule has 0 aromatic heterocycles. The summed E-state index contributed by atoms with van der Waals surface area (Å²) in [7, 11) is 0. The van der Waals surface area contributed by atoms with Gasteiger partial charge in [0, 0.05) is 0 Å². The van der Waals surface area contributed by atoms with Crippen LogP contribution in [-0.2, 0) is 6.42 Å². The first-order valence-electron chi connectivity index (χ1n) is 7.67. The molecule has 3 heteroatoms. The van der Waals surface area contributed by atoms with E-state index in [9.17, 15) is 9.18 Å². The van der Waals surface area contributed by atoms with Gasteiger partial charge in [-0.25, -0.2) is 9.18 Å². The molecule has 0 fully saturated rings. The number of benzene rings is 1. The van der Waals surface area contributed by atoms with Crippen LogP contribution in [0, 0.1) is 5.82 Å². The molecule has 20 heavy (non-hydrogen) atoms. The summed E-state index contributed by atoms with van der Waals surface area (Å²) in [5.41, 5.74) is 0.642. The van der Waals surface area contributed by atoms with Crippen molar-refractivity contribution in [2.24, 2.45) is 0 Å². The Hall–Kier alpha value is -1.38. The quantitative estimate of drug-likeness (QED) is 0.597. The molecule has 0 bridgehead atoms. The Labute approximate surface area is 121 Å². The summed E-state index contributed by atoms with van der Waals surface area (Å²) in [4.78, 5) is 10.7. The maximum Gasteiger partial charge on any atom is 0.335 e. The molecule has 0 aliphatic heterocycles. The Morgan fingerprint density at radius 2 is 1.65 bits per heavy atom. The third-order valence-corrected chi connectivity index (χ3v) is 3.60. The fourth-order valence-electron chi connectivity index (χ4n) is 2.33. The first kappa shape index (κ1) is 16.7. The van der Waals surface area contributed by atoms with E-state index in [0.717, 1.165) is 18.9 Å². The lowest BCUT2D eigenvalue weighted by Gasteiger charge is -2.05. The van der Waals surface area contributed by atoms with E-state index in [4.69, 9.17) is 5.11 Å². The molecule has 0 heterocycles. The number of hydrogen-bond donors (Lipinski definition) is 1. The van der Waals surface area contributed by atoms with Crippen molar-refractivity contribution in [2.45, 2.75) is 64.7 Å². The lowest BCUT2D eigenvalue weighted by atomic mass is 10.0. The van der Waals surface area contributed by atoms with Crippen molar-refractivity contribution < 1.29 is 14.3 Å². The number of unbranched alkanes of at least 4 members (excludes halogenated alkanes) is 7. The number of carboxylic acid groups (broad SMARTS) is 1. The van der Waals surface area contributed by atoms with E-state index in [-0.39, 0.29) is 5.56 Å². The first-order valence-corrected chi connectivity index (χ1v) is 7.67. The minimum absolute atomic E-state index is 0.0159. The highest BCUT2D eigenvalue weighted by Crippen LogP contribution is 2.15. The van der Waals surface area contributed by atoms with Crippen molar-refractivity contribution in [3.05, 3.63) is 35.1 Å². The Bertz CT molecular complexity index is 415. The molecule has 0 aliphatic carbocycles. The van der Waals surface area contributed by atoms with Gasteiger partial charge in [-0.1, -0.05) is 57.9 Å². The van der Waals surface area contributed by atoms with Crippen LogP contribution in [0.2, 0.25) is 0 Å². The van der Waals surface area contributed by atoms with Crippen LogP contribution in [0.25, 0.3) is 0 Å². The Balaban J connectivity index is 2.20. The van der Waals surface area contributed by atoms with Crippen molar-refractivity contribution in [1.82, 2.24) is 0 Å². The van der Waals surface area contributed by atoms with Gasteiger partial charge in [-0.3, -0.25) is 0 Å². The van der Waals surface area contributed by atoms with Crippen molar-refractivity contribution in [1.29, 1.82) is 0 Å². The summed E-state index contributed by atoms with van der Waals surface area (Å²) in [6, 6.07) is 4.19. The van der Waals surface area contributed by atoms with Crippen LogP contribution in [0.3, 0.4) is 0 Å². The van der Waals surface area contributed by atoms with Crippen LogP contribution in [0.15, 0.2) is 18.2 Å². The molecule has 0 spiro atoms. The largest absolute Gasteiger partial charge is 0.478 e. The summed E-state index contributed by atoms with van der Waals surface area (Å²) in [5, 5.41) is 8.77. The molecule has 0 saturated heterocycles. The van der Waals surface area contributed by atoms with Crippen molar-refractivity contribution in [3.8, 4) is 0 Å². The zero-order chi connectivity index (χ0) is 14.8. The second-order valence-corrected chi connectivity index (χ2v) is 5.34. The number of carbonyl (C=O) groups is 1. The lowest BCUT2D eigenvalue weighted by molar-refractivity contribution is 0.0696. The molecule has 2 nitrogen and oxygen atoms in total. The third-order valence-electron chi connectivity index (χ3n) is 3.60. The maximum absolute atomic E-state index is 13.7. The molecule has 0 radical (unpaired) electrons. The molecule has 1 N–H and O–H groups in total. The van der Waals surface area contributed by atoms with Gasteiger partial charge < -0.3 is 5.11 Å². The van der Waals surface area contributed by atoms with E-state index in [0.29, 0.717) is 12.0 Å². The molecular formula is C17H25FO2. The van der Waals surface area contributed by atoms with Gasteiger partial charge in [0.05, 0.1) is 5.56 Å². The van der Waals surface area contributed by atoms with Crippen LogP contribution in [0.4, 0.5) is 4.39 Å². The summed E-state index contributed by atoms with van der Waals surface area (Å²) >= 11 is 0. The van der Waals surface area contributed by atoms with Crippen molar-refractivity contribution in [3.63, 3.8) is 0 Å². The van der Waals surface area contributed by atoms with Crippen LogP contribution in [-0.4, -0.2) is 11.1 Å². The van der Waals surface area contributed by atoms with Gasteiger partial charge in [-0.05, 0) is 30.5 Å². The van der Waals surface area contributed by atoms with E-state index in [1.165, 1.54) is 44.6 Å². The molecule has 0 saturated carbocycles. The van der Waals surface area contributed by atoms with Gasteiger partial charge >= 0.3 is 5.97 Å². The number of aromatic carboxylic acids is 1. The highest BCUT2D eigenvalue weighted by molar-refractivity contribution is 5.87. The predicted octanol–water partition coefficient (Wildman–Crippen LogP) is 5.21. The Kier molecular flexibility index (Phi) is 7.93. The second kappa shape index (κ2) is 9.51. The van der Waals surface area contributed by atoms with Crippen LogP contribution >= 0.6 is 0 Å². The predicted molar refractivity (Wildman–Crippen MR) is 79.7 cm³/mol. The molecule has 1 aromatic rings. The highest BCUT2D eigenvalue weighted by atomic mass is 19.1. The van der Waals surface area contributed by atoms with E-state index >= 15 is 0 Å². The zero-order valence-corrected chi connectivity index (χ0v) is 12.3. The first-order chi connectivity index (χ1) is 9.65. The molecular weight excluding hydrogens is 255 g/mol. The normalized spacial score (nSPS) is 10.7. The van der Waals surface area contributed by atoms with Gasteiger partial charge in [-0.2, -0.15) is 0 Å². The van der Waals surface area contributed by atoms with Gasteiger partial charge in [0.15, 0.2) is 0 Å². The van der Waals surface area contributed by atoms with E-state index in [2.05, 4.69) is 6.92 Å². The Morgan fingerprint density at radius 3 is 2.20 bits per heavy atom. The molecule has 0 amide bonds. The summed E-state index contributed by atoms with van der Waals surface area (Å²) in [6.07, 6.45) is 10.5. The smallest absolute Gasteiger partial charge is 0.335 e. The monoisotopic (exact) mass is 280 g/mol. The maximum atomic E-state index is 13.7. The SMILES string of the molecule is CCCCCCCCCCc1ccc(C(=O)O)cc1F. The van der Waals surface area contributed by atoms with Crippen molar-refractivity contribution >= 4 is 5.97 Å². The fraction of sp³-hybridized carbons (Fsp3) is 0.588. The van der Waals surface area contributed by atoms with Crippen LogP contribution < -0.4 is 0 Å². The highest BCUT2D eigenvalue weighted by Gasteiger charge is 2.07.